The van der Waals surface area contributed by atoms with Crippen molar-refractivity contribution in [3.63, 3.8) is 0 Å². The van der Waals surface area contributed by atoms with Crippen LogP contribution in [0.2, 0.25) is 5.02 Å². The molecule has 1 N–H and O–H groups in total. The minimum Gasteiger partial charge on any atom is -0.493 e. The Morgan fingerprint density at radius 3 is 2.30 bits per heavy atom. The van der Waals surface area contributed by atoms with Gasteiger partial charge in [-0.1, -0.05) is 65.2 Å². The fraction of sp³-hybridized carbons (Fsp3) is 0.188. The Hall–Kier alpha value is -3.86. The second-order valence-corrected chi connectivity index (χ2v) is 12.9. The Morgan fingerprint density at radius 2 is 1.65 bits per heavy atom. The molecular weight excluding hydrogens is 654 g/mol. The molecule has 0 atom stereocenters. The molecule has 4 aromatic carbocycles. The topological polar surface area (TPSA) is 97.3 Å². The molecule has 0 aliphatic heterocycles. The highest BCUT2D eigenvalue weighted by Crippen LogP contribution is 2.37. The normalized spacial score (nSPS) is 11.4. The van der Waals surface area contributed by atoms with Gasteiger partial charge >= 0.3 is 0 Å². The summed E-state index contributed by atoms with van der Waals surface area (Å²) in [6.07, 6.45) is 1.43. The number of hydrogen-bond donors (Lipinski definition) is 1. The van der Waals surface area contributed by atoms with Crippen LogP contribution in [0.1, 0.15) is 27.8 Å². The Balaban J connectivity index is 1.51. The number of nitrogens with one attached hydrogen (secondary N) is 1. The highest BCUT2D eigenvalue weighted by atomic mass is 79.9. The van der Waals surface area contributed by atoms with E-state index in [4.69, 9.17) is 21.1 Å². The fourth-order valence-electron chi connectivity index (χ4n) is 4.14. The number of sulfonamides is 1. The number of aryl methyl sites for hydroxylation is 2. The van der Waals surface area contributed by atoms with Gasteiger partial charge in [-0.2, -0.15) is 5.10 Å². The maximum Gasteiger partial charge on any atom is 0.264 e. The van der Waals surface area contributed by atoms with Crippen molar-refractivity contribution >= 4 is 55.4 Å². The third-order valence-electron chi connectivity index (χ3n) is 6.56. The molecule has 0 spiro atoms. The highest BCUT2D eigenvalue weighted by molar-refractivity contribution is 9.10. The van der Waals surface area contributed by atoms with Gasteiger partial charge in [0.1, 0.15) is 13.2 Å². The third kappa shape index (κ3) is 7.95. The number of hydrazone groups is 1. The first kappa shape index (κ1) is 32.1. The van der Waals surface area contributed by atoms with Crippen LogP contribution in [0.3, 0.4) is 0 Å². The molecule has 0 heterocycles. The smallest absolute Gasteiger partial charge is 0.264 e. The van der Waals surface area contributed by atoms with E-state index in [2.05, 4.69) is 26.5 Å². The summed E-state index contributed by atoms with van der Waals surface area (Å²) in [5.74, 6) is 0.356. The molecule has 224 valence electrons. The van der Waals surface area contributed by atoms with E-state index in [1.54, 1.807) is 49.4 Å². The van der Waals surface area contributed by atoms with Gasteiger partial charge in [-0.05, 0) is 89.8 Å². The molecule has 0 saturated carbocycles. The second-order valence-electron chi connectivity index (χ2n) is 9.81. The number of carbonyl (C=O) groups excluding carboxylic acids is 1. The van der Waals surface area contributed by atoms with Crippen molar-refractivity contribution in [3.8, 4) is 11.5 Å². The van der Waals surface area contributed by atoms with Gasteiger partial charge in [0.2, 0.25) is 0 Å². The van der Waals surface area contributed by atoms with Crippen molar-refractivity contribution in [2.75, 3.05) is 18.0 Å². The number of methoxy groups -OCH3 is 1. The molecule has 0 saturated heterocycles. The van der Waals surface area contributed by atoms with Gasteiger partial charge in [-0.3, -0.25) is 9.10 Å². The Kier molecular flexibility index (Phi) is 10.5. The minimum atomic E-state index is -4.10. The van der Waals surface area contributed by atoms with E-state index in [0.29, 0.717) is 44.4 Å². The molecule has 4 rings (SSSR count). The number of benzene rings is 4. The quantitative estimate of drug-likeness (QED) is 0.136. The number of nitrogens with zero attached hydrogens (tertiary/aromatic N) is 2. The molecule has 0 bridgehead atoms. The molecule has 11 heteroatoms. The van der Waals surface area contributed by atoms with Crippen molar-refractivity contribution in [2.24, 2.45) is 5.10 Å². The Labute approximate surface area is 265 Å². The van der Waals surface area contributed by atoms with Crippen LogP contribution in [0.4, 0.5) is 5.69 Å². The molecule has 8 nitrogen and oxygen atoms in total. The van der Waals surface area contributed by atoms with Crippen LogP contribution < -0.4 is 19.2 Å². The van der Waals surface area contributed by atoms with E-state index in [-0.39, 0.29) is 4.90 Å². The predicted octanol–water partition coefficient (Wildman–Crippen LogP) is 6.96. The van der Waals surface area contributed by atoms with Crippen molar-refractivity contribution in [2.45, 2.75) is 32.3 Å². The lowest BCUT2D eigenvalue weighted by molar-refractivity contribution is -0.119. The van der Waals surface area contributed by atoms with Crippen LogP contribution in [0.5, 0.6) is 11.5 Å². The van der Waals surface area contributed by atoms with Crippen molar-refractivity contribution in [1.82, 2.24) is 5.43 Å². The summed E-state index contributed by atoms with van der Waals surface area (Å²) in [7, 11) is -2.57. The molecule has 0 fully saturated rings. The van der Waals surface area contributed by atoms with Crippen molar-refractivity contribution in [1.29, 1.82) is 0 Å². The average molecular weight is 685 g/mol. The summed E-state index contributed by atoms with van der Waals surface area (Å²) in [4.78, 5) is 13.1. The van der Waals surface area contributed by atoms with Crippen LogP contribution in [0, 0.1) is 20.8 Å². The molecule has 0 radical (unpaired) electrons. The number of halogens is 2. The van der Waals surface area contributed by atoms with Crippen molar-refractivity contribution < 1.29 is 22.7 Å². The molecular formula is C32H31BrClN3O5S. The molecule has 0 aliphatic rings. The molecule has 0 aromatic heterocycles. The van der Waals surface area contributed by atoms with Gasteiger partial charge in [0.05, 0.1) is 28.4 Å². The highest BCUT2D eigenvalue weighted by Gasteiger charge is 2.28. The van der Waals surface area contributed by atoms with Crippen LogP contribution in [-0.4, -0.2) is 34.2 Å². The second kappa shape index (κ2) is 14.1. The van der Waals surface area contributed by atoms with E-state index < -0.39 is 22.5 Å². The largest absolute Gasteiger partial charge is 0.493 e. The number of ether oxygens (including phenoxy) is 2. The zero-order valence-corrected chi connectivity index (χ0v) is 27.3. The van der Waals surface area contributed by atoms with Gasteiger partial charge in [0.15, 0.2) is 11.5 Å². The standard InChI is InChI=1S/C32H31BrClN3O5S/c1-21-8-12-24(13-9-21)20-42-32-27(33)16-25(17-30(32)41-4)18-35-36-31(38)19-37(29-7-5-6-28(34)23(29)3)43(39,40)26-14-10-22(2)11-15-26/h5-18H,19-20H2,1-4H3,(H,36,38)/b35-18-. The molecule has 1 amide bonds. The number of carbonyl (C=O) groups is 1. The van der Waals surface area contributed by atoms with E-state index in [0.717, 1.165) is 15.4 Å². The van der Waals surface area contributed by atoms with Crippen LogP contribution >= 0.6 is 27.5 Å². The predicted molar refractivity (Wildman–Crippen MR) is 174 cm³/mol. The SMILES string of the molecule is COc1cc(/C=N\NC(=O)CN(c2cccc(Cl)c2C)S(=O)(=O)c2ccc(C)cc2)cc(Br)c1OCc1ccc(C)cc1. The molecule has 0 unspecified atom stereocenters. The summed E-state index contributed by atoms with van der Waals surface area (Å²) < 4.78 is 40.5. The van der Waals surface area contributed by atoms with Crippen LogP contribution in [0.15, 0.2) is 93.3 Å². The lowest BCUT2D eigenvalue weighted by atomic mass is 10.2. The zero-order valence-electron chi connectivity index (χ0n) is 24.1. The maximum atomic E-state index is 13.7. The summed E-state index contributed by atoms with van der Waals surface area (Å²) in [6, 6.07) is 22.8. The molecule has 0 aliphatic carbocycles. The van der Waals surface area contributed by atoms with Crippen LogP contribution in [0.25, 0.3) is 0 Å². The van der Waals surface area contributed by atoms with E-state index >= 15 is 0 Å². The number of anilines is 1. The number of hydrogen-bond acceptors (Lipinski definition) is 6. The summed E-state index contributed by atoms with van der Waals surface area (Å²) in [5.41, 5.74) is 6.94. The number of amides is 1. The van der Waals surface area contributed by atoms with E-state index in [1.807, 2.05) is 38.1 Å². The van der Waals surface area contributed by atoms with Crippen LogP contribution in [-0.2, 0) is 21.4 Å². The Bertz CT molecular complexity index is 1740. The molecule has 43 heavy (non-hydrogen) atoms. The van der Waals surface area contributed by atoms with Crippen molar-refractivity contribution in [3.05, 3.63) is 116 Å². The van der Waals surface area contributed by atoms with Gasteiger partial charge in [-0.15, -0.1) is 0 Å². The van der Waals surface area contributed by atoms with Gasteiger partial charge < -0.3 is 9.47 Å². The summed E-state index contributed by atoms with van der Waals surface area (Å²) in [6.45, 7) is 5.42. The number of rotatable bonds is 11. The molecule has 4 aromatic rings. The minimum absolute atomic E-state index is 0.0513. The first-order valence-corrected chi connectivity index (χ1v) is 15.8. The Morgan fingerprint density at radius 1 is 1.00 bits per heavy atom. The first-order valence-electron chi connectivity index (χ1n) is 13.2. The fourth-order valence-corrected chi connectivity index (χ4v) is 6.36. The average Bonchev–Trinajstić information content (AvgIpc) is 2.98. The summed E-state index contributed by atoms with van der Waals surface area (Å²) in [5, 5.41) is 4.43. The van der Waals surface area contributed by atoms with Gasteiger partial charge in [0.25, 0.3) is 15.9 Å². The van der Waals surface area contributed by atoms with E-state index in [1.165, 1.54) is 31.0 Å². The zero-order chi connectivity index (χ0) is 31.1. The summed E-state index contributed by atoms with van der Waals surface area (Å²) >= 11 is 9.83. The lowest BCUT2D eigenvalue weighted by Gasteiger charge is -2.25. The van der Waals surface area contributed by atoms with Gasteiger partial charge in [-0.25, -0.2) is 13.8 Å². The third-order valence-corrected chi connectivity index (χ3v) is 9.33. The lowest BCUT2D eigenvalue weighted by Crippen LogP contribution is -2.40. The monoisotopic (exact) mass is 683 g/mol. The van der Waals surface area contributed by atoms with Gasteiger partial charge in [0, 0.05) is 5.02 Å². The van der Waals surface area contributed by atoms with E-state index in [9.17, 15) is 13.2 Å². The maximum absolute atomic E-state index is 13.7. The first-order chi connectivity index (χ1) is 20.5.